The van der Waals surface area contributed by atoms with Crippen molar-refractivity contribution < 1.29 is 0 Å². The molecule has 0 saturated heterocycles. The monoisotopic (exact) mass is 262 g/mol. The van der Waals surface area contributed by atoms with E-state index in [1.54, 1.807) is 6.33 Å². The van der Waals surface area contributed by atoms with Crippen LogP contribution in [0.1, 0.15) is 45.1 Å². The molecule has 4 nitrogen and oxygen atoms in total. The molecule has 1 aromatic heterocycles. The molecule has 0 bridgehead atoms. The zero-order valence-electron chi connectivity index (χ0n) is 12.6. The van der Waals surface area contributed by atoms with E-state index in [0.717, 1.165) is 29.7 Å². The molecule has 0 amide bonds. The van der Waals surface area contributed by atoms with Gasteiger partial charge < -0.3 is 10.2 Å². The number of nitrogens with zero attached hydrogens (tertiary/aromatic N) is 3. The van der Waals surface area contributed by atoms with Crippen LogP contribution in [0.2, 0.25) is 0 Å². The quantitative estimate of drug-likeness (QED) is 0.904. The molecular weight excluding hydrogens is 236 g/mol. The molecule has 1 fully saturated rings. The van der Waals surface area contributed by atoms with Crippen LogP contribution in [0.25, 0.3) is 0 Å². The molecule has 19 heavy (non-hydrogen) atoms. The minimum atomic E-state index is 0.617. The van der Waals surface area contributed by atoms with Crippen LogP contribution in [0.5, 0.6) is 0 Å². The summed E-state index contributed by atoms with van der Waals surface area (Å²) in [5.74, 6) is 2.87. The largest absolute Gasteiger partial charge is 0.370 e. The van der Waals surface area contributed by atoms with E-state index in [2.05, 4.69) is 48.0 Å². The van der Waals surface area contributed by atoms with E-state index in [1.165, 1.54) is 25.7 Å². The highest BCUT2D eigenvalue weighted by Crippen LogP contribution is 2.31. The Balaban J connectivity index is 2.18. The highest BCUT2D eigenvalue weighted by atomic mass is 15.2. The number of nitrogens with one attached hydrogen (secondary N) is 1. The van der Waals surface area contributed by atoms with Crippen LogP contribution in [0, 0.1) is 12.8 Å². The Hall–Kier alpha value is -1.32. The second kappa shape index (κ2) is 6.22. The van der Waals surface area contributed by atoms with E-state index in [9.17, 15) is 0 Å². The van der Waals surface area contributed by atoms with Gasteiger partial charge in [0.1, 0.15) is 18.0 Å². The lowest BCUT2D eigenvalue weighted by atomic mass is 9.86. The summed E-state index contributed by atoms with van der Waals surface area (Å²) in [6.45, 7) is 7.45. The summed E-state index contributed by atoms with van der Waals surface area (Å²) >= 11 is 0. The third-order valence-electron chi connectivity index (χ3n) is 4.19. The van der Waals surface area contributed by atoms with Gasteiger partial charge in [-0.15, -0.1) is 0 Å². The Morgan fingerprint density at radius 2 is 2.16 bits per heavy atom. The molecule has 106 valence electrons. The smallest absolute Gasteiger partial charge is 0.137 e. The Labute approximate surface area is 116 Å². The second-order valence-corrected chi connectivity index (χ2v) is 5.74. The molecule has 2 atom stereocenters. The minimum Gasteiger partial charge on any atom is -0.370 e. The third-order valence-corrected chi connectivity index (χ3v) is 4.19. The van der Waals surface area contributed by atoms with E-state index in [-0.39, 0.29) is 0 Å². The van der Waals surface area contributed by atoms with E-state index in [4.69, 9.17) is 0 Å². The normalized spacial score (nSPS) is 23.2. The van der Waals surface area contributed by atoms with Crippen molar-refractivity contribution in [2.75, 3.05) is 23.8 Å². The Bertz CT molecular complexity index is 419. The lowest BCUT2D eigenvalue weighted by molar-refractivity contribution is 0.335. The molecule has 2 rings (SSSR count). The van der Waals surface area contributed by atoms with Gasteiger partial charge in [0, 0.05) is 25.2 Å². The van der Waals surface area contributed by atoms with E-state index in [0.29, 0.717) is 6.04 Å². The molecule has 4 heteroatoms. The predicted octanol–water partition coefficient (Wildman–Crippen LogP) is 3.23. The summed E-state index contributed by atoms with van der Waals surface area (Å²) in [4.78, 5) is 11.2. The van der Waals surface area contributed by atoms with Crippen molar-refractivity contribution in [1.82, 2.24) is 9.97 Å². The van der Waals surface area contributed by atoms with Gasteiger partial charge >= 0.3 is 0 Å². The van der Waals surface area contributed by atoms with Gasteiger partial charge in [-0.3, -0.25) is 0 Å². The van der Waals surface area contributed by atoms with E-state index in [1.807, 2.05) is 0 Å². The fourth-order valence-electron chi connectivity index (χ4n) is 3.07. The SMILES string of the molecule is CCNc1ncnc(N(C)C2CCCC(C)C2)c1C. The first-order chi connectivity index (χ1) is 9.13. The topological polar surface area (TPSA) is 41.1 Å². The van der Waals surface area contributed by atoms with Crippen LogP contribution in [0.15, 0.2) is 6.33 Å². The number of rotatable bonds is 4. The first-order valence-electron chi connectivity index (χ1n) is 7.41. The van der Waals surface area contributed by atoms with Gasteiger partial charge in [-0.1, -0.05) is 19.8 Å². The number of hydrogen-bond donors (Lipinski definition) is 1. The lowest BCUT2D eigenvalue weighted by Gasteiger charge is -2.35. The molecule has 0 aliphatic heterocycles. The third kappa shape index (κ3) is 3.17. The fraction of sp³-hybridized carbons (Fsp3) is 0.733. The first-order valence-corrected chi connectivity index (χ1v) is 7.41. The van der Waals surface area contributed by atoms with Gasteiger partial charge in [-0.05, 0) is 32.6 Å². The van der Waals surface area contributed by atoms with Gasteiger partial charge in [-0.25, -0.2) is 9.97 Å². The van der Waals surface area contributed by atoms with Crippen molar-refractivity contribution in [2.24, 2.45) is 5.92 Å². The summed E-state index contributed by atoms with van der Waals surface area (Å²) in [7, 11) is 2.17. The van der Waals surface area contributed by atoms with Crippen LogP contribution in [-0.4, -0.2) is 29.6 Å². The summed E-state index contributed by atoms with van der Waals surface area (Å²) in [5, 5.41) is 3.30. The molecule has 1 aliphatic rings. The van der Waals surface area contributed by atoms with Gasteiger partial charge in [0.05, 0.1) is 0 Å². The lowest BCUT2D eigenvalue weighted by Crippen LogP contribution is -2.36. The second-order valence-electron chi connectivity index (χ2n) is 5.74. The molecule has 0 spiro atoms. The van der Waals surface area contributed by atoms with Crippen molar-refractivity contribution >= 4 is 11.6 Å². The average Bonchev–Trinajstić information content (AvgIpc) is 2.41. The zero-order chi connectivity index (χ0) is 13.8. The summed E-state index contributed by atoms with van der Waals surface area (Å²) in [6.07, 6.45) is 6.93. The highest BCUT2D eigenvalue weighted by molar-refractivity contribution is 5.58. The van der Waals surface area contributed by atoms with Crippen molar-refractivity contribution in [3.63, 3.8) is 0 Å². The van der Waals surface area contributed by atoms with Gasteiger partial charge in [0.15, 0.2) is 0 Å². The van der Waals surface area contributed by atoms with Gasteiger partial charge in [0.2, 0.25) is 0 Å². The first kappa shape index (κ1) is 14.1. The standard InChI is InChI=1S/C15H26N4/c1-5-16-14-12(3)15(18-10-17-14)19(4)13-8-6-7-11(2)9-13/h10-11,13H,5-9H2,1-4H3,(H,16,17,18). The highest BCUT2D eigenvalue weighted by Gasteiger charge is 2.24. The Kier molecular flexibility index (Phi) is 4.61. The number of hydrogen-bond acceptors (Lipinski definition) is 4. The minimum absolute atomic E-state index is 0.617. The van der Waals surface area contributed by atoms with Gasteiger partial charge in [-0.2, -0.15) is 0 Å². The molecule has 1 N–H and O–H groups in total. The van der Waals surface area contributed by atoms with Gasteiger partial charge in [0.25, 0.3) is 0 Å². The maximum absolute atomic E-state index is 4.50. The molecule has 2 unspecified atom stereocenters. The fourth-order valence-corrected chi connectivity index (χ4v) is 3.07. The van der Waals surface area contributed by atoms with Crippen molar-refractivity contribution in [3.05, 3.63) is 11.9 Å². The number of aromatic nitrogens is 2. The predicted molar refractivity (Wildman–Crippen MR) is 80.8 cm³/mol. The molecular formula is C15H26N4. The molecule has 1 aliphatic carbocycles. The van der Waals surface area contributed by atoms with E-state index >= 15 is 0 Å². The molecule has 0 aromatic carbocycles. The van der Waals surface area contributed by atoms with Crippen LogP contribution in [0.4, 0.5) is 11.6 Å². The number of anilines is 2. The molecule has 1 saturated carbocycles. The van der Waals surface area contributed by atoms with Crippen LogP contribution in [-0.2, 0) is 0 Å². The summed E-state index contributed by atoms with van der Waals surface area (Å²) in [5.41, 5.74) is 1.16. The summed E-state index contributed by atoms with van der Waals surface area (Å²) in [6, 6.07) is 0.617. The summed E-state index contributed by atoms with van der Waals surface area (Å²) < 4.78 is 0. The Morgan fingerprint density at radius 1 is 1.37 bits per heavy atom. The van der Waals surface area contributed by atoms with Crippen molar-refractivity contribution in [2.45, 2.75) is 52.5 Å². The maximum Gasteiger partial charge on any atom is 0.137 e. The van der Waals surface area contributed by atoms with E-state index < -0.39 is 0 Å². The molecule has 1 heterocycles. The van der Waals surface area contributed by atoms with Crippen LogP contribution >= 0.6 is 0 Å². The molecule has 0 radical (unpaired) electrons. The average molecular weight is 262 g/mol. The van der Waals surface area contributed by atoms with Crippen molar-refractivity contribution in [1.29, 1.82) is 0 Å². The van der Waals surface area contributed by atoms with Crippen LogP contribution < -0.4 is 10.2 Å². The Morgan fingerprint density at radius 3 is 2.84 bits per heavy atom. The molecule has 1 aromatic rings. The zero-order valence-corrected chi connectivity index (χ0v) is 12.6. The van der Waals surface area contributed by atoms with Crippen molar-refractivity contribution in [3.8, 4) is 0 Å². The maximum atomic E-state index is 4.50. The van der Waals surface area contributed by atoms with Crippen LogP contribution in [0.3, 0.4) is 0 Å².